The Morgan fingerprint density at radius 2 is 2.31 bits per heavy atom. The number of anilines is 1. The third kappa shape index (κ3) is 2.06. The topological polar surface area (TPSA) is 102 Å². The molecule has 0 amide bonds. The van der Waals surface area contributed by atoms with Gasteiger partial charge in [0.15, 0.2) is 10.9 Å². The fourth-order valence-electron chi connectivity index (χ4n) is 1.20. The highest BCUT2D eigenvalue weighted by molar-refractivity contribution is 7.98. The first-order chi connectivity index (χ1) is 7.52. The van der Waals surface area contributed by atoms with E-state index in [0.717, 1.165) is 0 Å². The molecule has 0 aliphatic rings. The van der Waals surface area contributed by atoms with Crippen LogP contribution in [0.15, 0.2) is 9.95 Å². The van der Waals surface area contributed by atoms with Gasteiger partial charge in [0.05, 0.1) is 12.5 Å². The van der Waals surface area contributed by atoms with Crippen molar-refractivity contribution in [1.82, 2.24) is 9.55 Å². The Morgan fingerprint density at radius 1 is 1.69 bits per heavy atom. The van der Waals surface area contributed by atoms with E-state index in [1.165, 1.54) is 23.4 Å². The Kier molecular flexibility index (Phi) is 3.68. The molecular weight excluding hydrogens is 228 g/mol. The second-order valence-electron chi connectivity index (χ2n) is 2.98. The highest BCUT2D eigenvalue weighted by Crippen LogP contribution is 2.13. The lowest BCUT2D eigenvalue weighted by molar-refractivity contribution is 0.0996. The summed E-state index contributed by atoms with van der Waals surface area (Å²) in [7, 11) is 1.50. The van der Waals surface area contributed by atoms with Crippen LogP contribution in [0, 0.1) is 11.3 Å². The number of nitrogens with zero attached hydrogens (tertiary/aromatic N) is 3. The molecule has 0 spiro atoms. The second-order valence-corrected chi connectivity index (χ2v) is 3.75. The lowest BCUT2D eigenvalue weighted by Crippen LogP contribution is -2.28. The zero-order chi connectivity index (χ0) is 12.3. The highest BCUT2D eigenvalue weighted by atomic mass is 32.2. The summed E-state index contributed by atoms with van der Waals surface area (Å²) < 4.78 is 1.24. The SMILES string of the molecule is CSc1nc(N)c(C(=O)CC#N)c(=O)n1C. The summed E-state index contributed by atoms with van der Waals surface area (Å²) in [6.45, 7) is 0. The van der Waals surface area contributed by atoms with Crippen LogP contribution in [0.2, 0.25) is 0 Å². The van der Waals surface area contributed by atoms with Crippen LogP contribution >= 0.6 is 11.8 Å². The molecule has 16 heavy (non-hydrogen) atoms. The zero-order valence-corrected chi connectivity index (χ0v) is 9.67. The van der Waals surface area contributed by atoms with Crippen LogP contribution in [0.3, 0.4) is 0 Å². The van der Waals surface area contributed by atoms with E-state index in [0.29, 0.717) is 5.16 Å². The average molecular weight is 238 g/mol. The molecule has 0 aliphatic carbocycles. The van der Waals surface area contributed by atoms with E-state index in [2.05, 4.69) is 4.98 Å². The first kappa shape index (κ1) is 12.3. The highest BCUT2D eigenvalue weighted by Gasteiger charge is 2.18. The van der Waals surface area contributed by atoms with Crippen molar-refractivity contribution in [3.8, 4) is 6.07 Å². The van der Waals surface area contributed by atoms with E-state index in [-0.39, 0.29) is 17.8 Å². The van der Waals surface area contributed by atoms with E-state index in [1.54, 1.807) is 12.3 Å². The minimum absolute atomic E-state index is 0.118. The molecule has 1 aromatic heterocycles. The third-order valence-corrected chi connectivity index (χ3v) is 2.71. The van der Waals surface area contributed by atoms with E-state index in [1.807, 2.05) is 0 Å². The predicted molar refractivity (Wildman–Crippen MR) is 60.2 cm³/mol. The normalized spacial score (nSPS) is 9.81. The Hall–Kier alpha value is -1.81. The minimum Gasteiger partial charge on any atom is -0.383 e. The van der Waals surface area contributed by atoms with Crippen LogP contribution in [0.5, 0.6) is 0 Å². The van der Waals surface area contributed by atoms with Crippen molar-refractivity contribution in [2.75, 3.05) is 12.0 Å². The van der Waals surface area contributed by atoms with Crippen molar-refractivity contribution >= 4 is 23.4 Å². The molecule has 0 atom stereocenters. The Bertz CT molecular complexity index is 530. The summed E-state index contributed by atoms with van der Waals surface area (Å²) >= 11 is 1.25. The summed E-state index contributed by atoms with van der Waals surface area (Å²) in [5.74, 6) is -0.714. The molecular formula is C9H10N4O2S. The molecule has 0 aromatic carbocycles. The van der Waals surface area contributed by atoms with Crippen LogP contribution < -0.4 is 11.3 Å². The summed E-state index contributed by atoms with van der Waals surface area (Å²) in [5.41, 5.74) is 4.81. The summed E-state index contributed by atoms with van der Waals surface area (Å²) in [6, 6.07) is 1.68. The van der Waals surface area contributed by atoms with Gasteiger partial charge in [0.1, 0.15) is 11.4 Å². The largest absolute Gasteiger partial charge is 0.383 e. The predicted octanol–water partition coefficient (Wildman–Crippen LogP) is 0.181. The number of Topliss-reactive ketones (excluding diaryl/α,β-unsaturated/α-hetero) is 1. The molecule has 1 rings (SSSR count). The lowest BCUT2D eigenvalue weighted by atomic mass is 10.1. The van der Waals surface area contributed by atoms with Crippen LogP contribution in [0.1, 0.15) is 16.8 Å². The first-order valence-corrected chi connectivity index (χ1v) is 5.56. The van der Waals surface area contributed by atoms with Crippen LogP contribution in [-0.4, -0.2) is 21.6 Å². The molecule has 7 heteroatoms. The number of nitriles is 1. The number of carbonyl (C=O) groups excluding carboxylic acids is 1. The van der Waals surface area contributed by atoms with Crippen molar-refractivity contribution in [3.05, 3.63) is 15.9 Å². The molecule has 0 saturated heterocycles. The van der Waals surface area contributed by atoms with Gasteiger partial charge in [0.25, 0.3) is 5.56 Å². The molecule has 0 unspecified atom stereocenters. The van der Waals surface area contributed by atoms with Gasteiger partial charge in [-0.1, -0.05) is 11.8 Å². The number of hydrogen-bond acceptors (Lipinski definition) is 6. The minimum atomic E-state index is -0.597. The molecule has 0 bridgehead atoms. The van der Waals surface area contributed by atoms with Crippen LogP contribution in [0.4, 0.5) is 5.82 Å². The standard InChI is InChI=1S/C9H10N4O2S/c1-13-8(15)6(5(14)3-4-10)7(11)12-9(13)16-2/h3,11H2,1-2H3. The third-order valence-electron chi connectivity index (χ3n) is 1.98. The smallest absolute Gasteiger partial charge is 0.267 e. The van der Waals surface area contributed by atoms with Crippen molar-refractivity contribution < 1.29 is 4.79 Å². The fraction of sp³-hybridized carbons (Fsp3) is 0.333. The summed E-state index contributed by atoms with van der Waals surface area (Å²) in [4.78, 5) is 27.2. The number of nitrogen functional groups attached to an aromatic ring is 1. The monoisotopic (exact) mass is 238 g/mol. The van der Waals surface area contributed by atoms with E-state index in [9.17, 15) is 9.59 Å². The Balaban J connectivity index is 3.44. The van der Waals surface area contributed by atoms with Crippen molar-refractivity contribution in [2.45, 2.75) is 11.6 Å². The van der Waals surface area contributed by atoms with Gasteiger partial charge < -0.3 is 5.73 Å². The number of hydrogen-bond donors (Lipinski definition) is 1. The van der Waals surface area contributed by atoms with E-state index < -0.39 is 11.3 Å². The molecule has 2 N–H and O–H groups in total. The number of rotatable bonds is 3. The maximum Gasteiger partial charge on any atom is 0.267 e. The number of thioether (sulfide) groups is 1. The molecule has 84 valence electrons. The number of aromatic nitrogens is 2. The average Bonchev–Trinajstić information content (AvgIpc) is 2.24. The van der Waals surface area contributed by atoms with Gasteiger partial charge in [-0.2, -0.15) is 5.26 Å². The summed E-state index contributed by atoms with van der Waals surface area (Å²) in [6.07, 6.45) is 1.37. The van der Waals surface area contributed by atoms with Gasteiger partial charge in [-0.25, -0.2) is 4.98 Å². The lowest BCUT2D eigenvalue weighted by Gasteiger charge is -2.08. The van der Waals surface area contributed by atoms with Crippen molar-refractivity contribution in [2.24, 2.45) is 7.05 Å². The number of nitrogens with two attached hydrogens (primary N) is 1. The quantitative estimate of drug-likeness (QED) is 0.458. The van der Waals surface area contributed by atoms with Gasteiger partial charge in [-0.3, -0.25) is 14.2 Å². The maximum absolute atomic E-state index is 11.8. The summed E-state index contributed by atoms with van der Waals surface area (Å²) in [5, 5.41) is 8.83. The second kappa shape index (κ2) is 4.81. The molecule has 6 nitrogen and oxygen atoms in total. The van der Waals surface area contributed by atoms with Gasteiger partial charge in [0.2, 0.25) is 0 Å². The van der Waals surface area contributed by atoms with Crippen LogP contribution in [-0.2, 0) is 7.05 Å². The maximum atomic E-state index is 11.8. The molecule has 0 radical (unpaired) electrons. The fourth-order valence-corrected chi connectivity index (χ4v) is 1.75. The molecule has 1 heterocycles. The Labute approximate surface area is 96.1 Å². The Morgan fingerprint density at radius 3 is 2.81 bits per heavy atom. The number of ketones is 1. The zero-order valence-electron chi connectivity index (χ0n) is 8.85. The van der Waals surface area contributed by atoms with E-state index in [4.69, 9.17) is 11.0 Å². The first-order valence-electron chi connectivity index (χ1n) is 4.33. The van der Waals surface area contributed by atoms with Gasteiger partial charge >= 0.3 is 0 Å². The van der Waals surface area contributed by atoms with Crippen molar-refractivity contribution in [1.29, 1.82) is 5.26 Å². The van der Waals surface area contributed by atoms with Gasteiger partial charge in [0, 0.05) is 7.05 Å². The van der Waals surface area contributed by atoms with Crippen LogP contribution in [0.25, 0.3) is 0 Å². The molecule has 0 saturated carbocycles. The van der Waals surface area contributed by atoms with E-state index >= 15 is 0 Å². The molecule has 1 aromatic rings. The molecule has 0 aliphatic heterocycles. The number of carbonyl (C=O) groups is 1. The molecule has 0 fully saturated rings. The van der Waals surface area contributed by atoms with Crippen molar-refractivity contribution in [3.63, 3.8) is 0 Å². The van der Waals surface area contributed by atoms with Gasteiger partial charge in [-0.05, 0) is 6.26 Å². The van der Waals surface area contributed by atoms with Gasteiger partial charge in [-0.15, -0.1) is 0 Å².